The molecule has 0 radical (unpaired) electrons. The Morgan fingerprint density at radius 2 is 1.82 bits per heavy atom. The zero-order chi connectivity index (χ0) is 15.2. The van der Waals surface area contributed by atoms with E-state index in [1.165, 1.54) is 35.7 Å². The Labute approximate surface area is 135 Å². The third-order valence-corrected chi connectivity index (χ3v) is 4.45. The average Bonchev–Trinajstić information content (AvgIpc) is 3.39. The van der Waals surface area contributed by atoms with Crippen molar-refractivity contribution in [1.82, 2.24) is 0 Å². The fourth-order valence-corrected chi connectivity index (χ4v) is 2.91. The van der Waals surface area contributed by atoms with E-state index < -0.39 is 0 Å². The summed E-state index contributed by atoms with van der Waals surface area (Å²) in [6, 6.07) is 18.6. The summed E-state index contributed by atoms with van der Waals surface area (Å²) in [5.41, 5.74) is 9.65. The quantitative estimate of drug-likeness (QED) is 0.512. The third-order valence-electron chi connectivity index (χ3n) is 3.60. The number of hydrogen-bond acceptors (Lipinski definition) is 3. The minimum atomic E-state index is 0.490. The van der Waals surface area contributed by atoms with Gasteiger partial charge in [-0.15, -0.1) is 5.10 Å². The van der Waals surface area contributed by atoms with Crippen molar-refractivity contribution < 1.29 is 0 Å². The van der Waals surface area contributed by atoms with E-state index in [0.29, 0.717) is 11.1 Å². The lowest BCUT2D eigenvalue weighted by Gasteiger charge is -2.02. The molecule has 4 heteroatoms. The molecule has 0 unspecified atom stereocenters. The van der Waals surface area contributed by atoms with Gasteiger partial charge in [0.1, 0.15) is 0 Å². The fraction of sp³-hybridized carbons (Fsp3) is 0.222. The zero-order valence-electron chi connectivity index (χ0n) is 12.4. The lowest BCUT2D eigenvalue weighted by atomic mass is 10.0. The van der Waals surface area contributed by atoms with Gasteiger partial charge in [0.05, 0.1) is 6.21 Å². The highest BCUT2D eigenvalue weighted by atomic mass is 32.2. The third kappa shape index (κ3) is 4.21. The Morgan fingerprint density at radius 3 is 2.59 bits per heavy atom. The van der Waals surface area contributed by atoms with Crippen LogP contribution in [-0.4, -0.2) is 11.4 Å². The minimum Gasteiger partial charge on any atom is -0.377 e. The first-order chi connectivity index (χ1) is 10.8. The summed E-state index contributed by atoms with van der Waals surface area (Å²) < 4.78 is 0. The monoisotopic (exact) mass is 309 g/mol. The standard InChI is InChI=1S/C18H19N3S/c19-18(22-13-14-6-2-1-3-7-14)21-20-12-16-8-4-5-9-17(16)15-10-11-15/h1-9,12,15H,10-11,13H2,(H2,19,21). The molecule has 2 aromatic carbocycles. The molecule has 1 aliphatic rings. The first kappa shape index (κ1) is 14.9. The van der Waals surface area contributed by atoms with E-state index in [0.717, 1.165) is 11.3 Å². The summed E-state index contributed by atoms with van der Waals surface area (Å²) in [4.78, 5) is 0. The van der Waals surface area contributed by atoms with Gasteiger partial charge < -0.3 is 5.73 Å². The second-order valence-electron chi connectivity index (χ2n) is 5.36. The minimum absolute atomic E-state index is 0.490. The highest BCUT2D eigenvalue weighted by Crippen LogP contribution is 2.41. The smallest absolute Gasteiger partial charge is 0.180 e. The molecule has 112 valence electrons. The van der Waals surface area contributed by atoms with Crippen LogP contribution in [0.1, 0.15) is 35.4 Å². The second-order valence-corrected chi connectivity index (χ2v) is 6.36. The molecule has 0 aromatic heterocycles. The highest BCUT2D eigenvalue weighted by Gasteiger charge is 2.24. The summed E-state index contributed by atoms with van der Waals surface area (Å²) in [5, 5.41) is 8.71. The highest BCUT2D eigenvalue weighted by molar-refractivity contribution is 8.13. The molecule has 3 rings (SSSR count). The second kappa shape index (κ2) is 7.27. The van der Waals surface area contributed by atoms with Crippen molar-refractivity contribution in [2.24, 2.45) is 15.9 Å². The van der Waals surface area contributed by atoms with Crippen molar-refractivity contribution in [2.45, 2.75) is 24.5 Å². The van der Waals surface area contributed by atoms with Gasteiger partial charge in [0.2, 0.25) is 0 Å². The van der Waals surface area contributed by atoms with Gasteiger partial charge in [-0.1, -0.05) is 66.4 Å². The Balaban J connectivity index is 1.58. The molecular weight excluding hydrogens is 290 g/mol. The molecule has 0 heterocycles. The van der Waals surface area contributed by atoms with Crippen molar-refractivity contribution in [1.29, 1.82) is 0 Å². The molecule has 2 N–H and O–H groups in total. The molecule has 0 spiro atoms. The van der Waals surface area contributed by atoms with Crippen molar-refractivity contribution in [3.05, 3.63) is 71.3 Å². The zero-order valence-corrected chi connectivity index (χ0v) is 13.2. The van der Waals surface area contributed by atoms with E-state index in [1.807, 2.05) is 30.5 Å². The van der Waals surface area contributed by atoms with Crippen LogP contribution in [0.25, 0.3) is 0 Å². The molecular formula is C18H19N3S. The molecule has 1 fully saturated rings. The lowest BCUT2D eigenvalue weighted by molar-refractivity contribution is 1.12. The van der Waals surface area contributed by atoms with Crippen molar-refractivity contribution in [2.75, 3.05) is 0 Å². The van der Waals surface area contributed by atoms with Crippen molar-refractivity contribution >= 4 is 23.1 Å². The van der Waals surface area contributed by atoms with Gasteiger partial charge in [-0.25, -0.2) is 0 Å². The van der Waals surface area contributed by atoms with E-state index >= 15 is 0 Å². The summed E-state index contributed by atoms with van der Waals surface area (Å²) in [6.07, 6.45) is 4.37. The van der Waals surface area contributed by atoms with Crippen LogP contribution in [-0.2, 0) is 5.75 Å². The largest absolute Gasteiger partial charge is 0.377 e. The molecule has 0 atom stereocenters. The van der Waals surface area contributed by atoms with Gasteiger partial charge in [0.15, 0.2) is 5.17 Å². The molecule has 1 aliphatic carbocycles. The summed E-state index contributed by atoms with van der Waals surface area (Å²) in [7, 11) is 0. The topological polar surface area (TPSA) is 50.7 Å². The average molecular weight is 309 g/mol. The molecule has 0 aliphatic heterocycles. The van der Waals surface area contributed by atoms with Crippen LogP contribution in [0.15, 0.2) is 64.8 Å². The van der Waals surface area contributed by atoms with Gasteiger partial charge in [0.25, 0.3) is 0 Å². The SMILES string of the molecule is NC(=NN=Cc1ccccc1C1CC1)SCc1ccccc1. The number of amidine groups is 1. The Morgan fingerprint density at radius 1 is 1.09 bits per heavy atom. The predicted octanol–water partition coefficient (Wildman–Crippen LogP) is 4.15. The molecule has 3 nitrogen and oxygen atoms in total. The fourth-order valence-electron chi connectivity index (χ4n) is 2.30. The maximum absolute atomic E-state index is 5.90. The number of nitrogens with zero attached hydrogens (tertiary/aromatic N) is 2. The number of thioether (sulfide) groups is 1. The maximum Gasteiger partial charge on any atom is 0.180 e. The Bertz CT molecular complexity index is 676. The van der Waals surface area contributed by atoms with E-state index in [2.05, 4.69) is 40.5 Å². The van der Waals surface area contributed by atoms with Gasteiger partial charge in [-0.2, -0.15) is 5.10 Å². The molecule has 2 aromatic rings. The van der Waals surface area contributed by atoms with Crippen molar-refractivity contribution in [3.8, 4) is 0 Å². The van der Waals surface area contributed by atoms with Crippen LogP contribution in [0.4, 0.5) is 0 Å². The number of nitrogens with two attached hydrogens (primary N) is 1. The lowest BCUT2D eigenvalue weighted by Crippen LogP contribution is -2.06. The maximum atomic E-state index is 5.90. The number of benzene rings is 2. The summed E-state index contributed by atoms with van der Waals surface area (Å²) in [6.45, 7) is 0. The van der Waals surface area contributed by atoms with Crippen LogP contribution in [0, 0.1) is 0 Å². The van der Waals surface area contributed by atoms with Crippen LogP contribution in [0.2, 0.25) is 0 Å². The van der Waals surface area contributed by atoms with Crippen molar-refractivity contribution in [3.63, 3.8) is 0 Å². The van der Waals surface area contributed by atoms with Gasteiger partial charge in [-0.3, -0.25) is 0 Å². The Kier molecular flexibility index (Phi) is 4.91. The number of hydrogen-bond donors (Lipinski definition) is 1. The van der Waals surface area contributed by atoms with E-state index in [9.17, 15) is 0 Å². The number of rotatable bonds is 5. The van der Waals surface area contributed by atoms with E-state index in [1.54, 1.807) is 0 Å². The van der Waals surface area contributed by atoms with E-state index in [-0.39, 0.29) is 0 Å². The first-order valence-electron chi connectivity index (χ1n) is 7.45. The van der Waals surface area contributed by atoms with Crippen LogP contribution in [0.3, 0.4) is 0 Å². The molecule has 0 amide bonds. The molecule has 22 heavy (non-hydrogen) atoms. The van der Waals surface area contributed by atoms with Gasteiger partial charge >= 0.3 is 0 Å². The van der Waals surface area contributed by atoms with Crippen LogP contribution in [0.5, 0.6) is 0 Å². The molecule has 0 bridgehead atoms. The summed E-state index contributed by atoms with van der Waals surface area (Å²) in [5.74, 6) is 1.51. The predicted molar refractivity (Wildman–Crippen MR) is 95.4 cm³/mol. The van der Waals surface area contributed by atoms with Crippen LogP contribution >= 0.6 is 11.8 Å². The first-order valence-corrected chi connectivity index (χ1v) is 8.43. The van der Waals surface area contributed by atoms with E-state index in [4.69, 9.17) is 5.73 Å². The Hall–Kier alpha value is -2.07. The van der Waals surface area contributed by atoms with Gasteiger partial charge in [-0.05, 0) is 35.4 Å². The molecule has 0 saturated heterocycles. The van der Waals surface area contributed by atoms with Gasteiger partial charge in [0, 0.05) is 5.75 Å². The normalized spacial score (nSPS) is 15.4. The summed E-state index contributed by atoms with van der Waals surface area (Å²) >= 11 is 1.50. The molecule has 1 saturated carbocycles. The van der Waals surface area contributed by atoms with Crippen LogP contribution < -0.4 is 5.73 Å².